The van der Waals surface area contributed by atoms with Crippen LogP contribution < -0.4 is 14.0 Å². The predicted molar refractivity (Wildman–Crippen MR) is 105 cm³/mol. The fourth-order valence-corrected chi connectivity index (χ4v) is 4.04. The van der Waals surface area contributed by atoms with Crippen molar-refractivity contribution in [3.05, 3.63) is 77.9 Å². The molecule has 0 radical (unpaired) electrons. The van der Waals surface area contributed by atoms with E-state index in [1.54, 1.807) is 14.2 Å². The number of ether oxygens (including phenoxy) is 2. The van der Waals surface area contributed by atoms with Crippen LogP contribution in [0.2, 0.25) is 0 Å². The van der Waals surface area contributed by atoms with Gasteiger partial charge in [0.25, 0.3) is 5.82 Å². The van der Waals surface area contributed by atoms with Crippen molar-refractivity contribution >= 4 is 11.0 Å². The summed E-state index contributed by atoms with van der Waals surface area (Å²) in [6.07, 6.45) is 0. The third-order valence-electron chi connectivity index (χ3n) is 5.36. The standard InChI is InChI=1S/C23H21N2O2/c1-26-18-9-7-16(8-10-18)14-24-21-5-3-4-6-22(21)25-15-17-13-19(27-2)11-12-20(17)23(24)25/h3-13H,14-15H2,1-2H3/q+1. The first-order valence-corrected chi connectivity index (χ1v) is 9.10. The third-order valence-corrected chi connectivity index (χ3v) is 5.36. The van der Waals surface area contributed by atoms with Gasteiger partial charge in [0.1, 0.15) is 24.6 Å². The molecule has 0 fully saturated rings. The van der Waals surface area contributed by atoms with Crippen LogP contribution in [0.3, 0.4) is 0 Å². The molecule has 0 amide bonds. The third kappa shape index (κ3) is 2.48. The molecule has 2 heterocycles. The summed E-state index contributed by atoms with van der Waals surface area (Å²) in [5.41, 5.74) is 6.35. The zero-order valence-electron chi connectivity index (χ0n) is 15.5. The van der Waals surface area contributed by atoms with Gasteiger partial charge >= 0.3 is 0 Å². The van der Waals surface area contributed by atoms with Crippen molar-refractivity contribution in [1.29, 1.82) is 0 Å². The van der Waals surface area contributed by atoms with Crippen molar-refractivity contribution < 1.29 is 14.0 Å². The van der Waals surface area contributed by atoms with E-state index in [4.69, 9.17) is 9.47 Å². The number of para-hydroxylation sites is 2. The molecule has 0 unspecified atom stereocenters. The second-order valence-electron chi connectivity index (χ2n) is 6.86. The fraction of sp³-hybridized carbons (Fsp3) is 0.174. The van der Waals surface area contributed by atoms with Crippen molar-refractivity contribution in [2.75, 3.05) is 14.2 Å². The van der Waals surface area contributed by atoms with E-state index in [2.05, 4.69) is 57.7 Å². The highest BCUT2D eigenvalue weighted by Gasteiger charge is 2.33. The summed E-state index contributed by atoms with van der Waals surface area (Å²) in [4.78, 5) is 0. The van der Waals surface area contributed by atoms with E-state index in [0.717, 1.165) is 24.6 Å². The monoisotopic (exact) mass is 357 g/mol. The van der Waals surface area contributed by atoms with Gasteiger partial charge in [-0.1, -0.05) is 24.3 Å². The van der Waals surface area contributed by atoms with E-state index in [1.165, 1.54) is 33.5 Å². The van der Waals surface area contributed by atoms with Crippen molar-refractivity contribution in [2.45, 2.75) is 13.1 Å². The lowest BCUT2D eigenvalue weighted by Crippen LogP contribution is -2.31. The molecule has 0 N–H and O–H groups in total. The Morgan fingerprint density at radius 2 is 1.63 bits per heavy atom. The van der Waals surface area contributed by atoms with E-state index in [0.29, 0.717) is 0 Å². The van der Waals surface area contributed by atoms with Gasteiger partial charge in [-0.3, -0.25) is 0 Å². The smallest absolute Gasteiger partial charge is 0.290 e. The molecule has 0 saturated carbocycles. The van der Waals surface area contributed by atoms with Gasteiger partial charge in [-0.15, -0.1) is 0 Å². The Balaban J connectivity index is 1.68. The van der Waals surface area contributed by atoms with Gasteiger partial charge in [-0.05, 0) is 48.0 Å². The number of aromatic nitrogens is 2. The first kappa shape index (κ1) is 15.9. The van der Waals surface area contributed by atoms with Crippen LogP contribution in [-0.2, 0) is 13.1 Å². The van der Waals surface area contributed by atoms with Gasteiger partial charge in [-0.2, -0.15) is 0 Å². The van der Waals surface area contributed by atoms with E-state index >= 15 is 0 Å². The van der Waals surface area contributed by atoms with Crippen molar-refractivity contribution in [3.8, 4) is 22.9 Å². The molecule has 1 aromatic heterocycles. The van der Waals surface area contributed by atoms with Gasteiger partial charge in [0, 0.05) is 5.56 Å². The minimum atomic E-state index is 0.818. The molecule has 0 aliphatic carbocycles. The average Bonchev–Trinajstić information content (AvgIpc) is 3.24. The van der Waals surface area contributed by atoms with Crippen LogP contribution in [0.5, 0.6) is 11.5 Å². The van der Waals surface area contributed by atoms with Gasteiger partial charge in [0.2, 0.25) is 0 Å². The first-order chi connectivity index (χ1) is 13.3. The van der Waals surface area contributed by atoms with Gasteiger partial charge in [0.05, 0.1) is 19.8 Å². The molecule has 1 aliphatic heterocycles. The number of imidazole rings is 1. The number of benzene rings is 3. The molecule has 134 valence electrons. The largest absolute Gasteiger partial charge is 0.497 e. The zero-order valence-corrected chi connectivity index (χ0v) is 15.5. The Morgan fingerprint density at radius 3 is 2.41 bits per heavy atom. The first-order valence-electron chi connectivity index (χ1n) is 9.10. The lowest BCUT2D eigenvalue weighted by Gasteiger charge is -2.05. The van der Waals surface area contributed by atoms with Crippen LogP contribution in [-0.4, -0.2) is 18.8 Å². The normalized spacial score (nSPS) is 12.1. The Labute approximate surface area is 158 Å². The number of hydrogen-bond donors (Lipinski definition) is 0. The zero-order chi connectivity index (χ0) is 18.4. The maximum absolute atomic E-state index is 5.42. The maximum Gasteiger partial charge on any atom is 0.290 e. The van der Waals surface area contributed by atoms with E-state index in [9.17, 15) is 0 Å². The highest BCUT2D eigenvalue weighted by Crippen LogP contribution is 2.34. The Kier molecular flexibility index (Phi) is 3.64. The summed E-state index contributed by atoms with van der Waals surface area (Å²) in [6.45, 7) is 1.69. The quantitative estimate of drug-likeness (QED) is 0.454. The molecule has 3 aromatic carbocycles. The van der Waals surface area contributed by atoms with Gasteiger partial charge in [0.15, 0.2) is 11.0 Å². The highest BCUT2D eigenvalue weighted by atomic mass is 16.5. The van der Waals surface area contributed by atoms with Gasteiger partial charge in [-0.25, -0.2) is 9.13 Å². The summed E-state index contributed by atoms with van der Waals surface area (Å²) in [6, 6.07) is 23.3. The Bertz CT molecular complexity index is 1140. The minimum Gasteiger partial charge on any atom is -0.497 e. The lowest BCUT2D eigenvalue weighted by molar-refractivity contribution is -0.646. The second-order valence-corrected chi connectivity index (χ2v) is 6.86. The van der Waals surface area contributed by atoms with E-state index in [1.807, 2.05) is 18.2 Å². The number of fused-ring (bicyclic) bond motifs is 5. The van der Waals surface area contributed by atoms with Crippen LogP contribution in [0, 0.1) is 0 Å². The van der Waals surface area contributed by atoms with E-state index in [-0.39, 0.29) is 0 Å². The summed E-state index contributed by atoms with van der Waals surface area (Å²) in [7, 11) is 3.42. The lowest BCUT2D eigenvalue weighted by atomic mass is 10.1. The number of rotatable bonds is 4. The molecule has 5 rings (SSSR count). The van der Waals surface area contributed by atoms with Crippen LogP contribution in [0.25, 0.3) is 22.4 Å². The van der Waals surface area contributed by atoms with E-state index < -0.39 is 0 Å². The topological polar surface area (TPSA) is 27.3 Å². The SMILES string of the molecule is COc1ccc(Cn2c3[n+](c4ccccc42)Cc2cc(OC)ccc2-3)cc1. The molecule has 27 heavy (non-hydrogen) atoms. The fourth-order valence-electron chi connectivity index (χ4n) is 4.04. The molecule has 1 aliphatic rings. The average molecular weight is 357 g/mol. The molecular formula is C23H21N2O2+. The molecule has 0 bridgehead atoms. The summed E-state index contributed by atoms with van der Waals surface area (Å²) in [5, 5.41) is 0. The molecular weight excluding hydrogens is 336 g/mol. The molecule has 0 saturated heterocycles. The Hall–Kier alpha value is -3.27. The van der Waals surface area contributed by atoms with Crippen LogP contribution in [0.15, 0.2) is 66.7 Å². The van der Waals surface area contributed by atoms with Gasteiger partial charge < -0.3 is 9.47 Å². The maximum atomic E-state index is 5.42. The molecule has 0 spiro atoms. The van der Waals surface area contributed by atoms with Crippen molar-refractivity contribution in [2.24, 2.45) is 0 Å². The van der Waals surface area contributed by atoms with Crippen molar-refractivity contribution in [1.82, 2.24) is 4.57 Å². The second kappa shape index (κ2) is 6.16. The van der Waals surface area contributed by atoms with Crippen LogP contribution in [0.1, 0.15) is 11.1 Å². The number of hydrogen-bond acceptors (Lipinski definition) is 2. The Morgan fingerprint density at radius 1 is 0.889 bits per heavy atom. The summed E-state index contributed by atoms with van der Waals surface area (Å²) >= 11 is 0. The molecule has 4 aromatic rings. The number of methoxy groups -OCH3 is 2. The minimum absolute atomic E-state index is 0.818. The molecule has 4 heteroatoms. The summed E-state index contributed by atoms with van der Waals surface area (Å²) < 4.78 is 15.5. The van der Waals surface area contributed by atoms with Crippen LogP contribution in [0.4, 0.5) is 0 Å². The highest BCUT2D eigenvalue weighted by molar-refractivity contribution is 5.78. The van der Waals surface area contributed by atoms with Crippen molar-refractivity contribution in [3.63, 3.8) is 0 Å². The van der Waals surface area contributed by atoms with Crippen LogP contribution >= 0.6 is 0 Å². The number of nitrogens with zero attached hydrogens (tertiary/aromatic N) is 2. The predicted octanol–water partition coefficient (Wildman–Crippen LogP) is 4.02. The summed E-state index contributed by atoms with van der Waals surface area (Å²) in [5.74, 6) is 3.04. The molecule has 4 nitrogen and oxygen atoms in total. The molecule has 0 atom stereocenters.